The Balaban J connectivity index is 2.40. The number of halogens is 1. The lowest BCUT2D eigenvalue weighted by Crippen LogP contribution is -2.50. The number of sulfone groups is 1. The molecule has 1 aliphatic rings. The number of hydrogen-bond donors (Lipinski definition) is 2. The second-order valence-electron chi connectivity index (χ2n) is 4.55. The fraction of sp³-hybridized carbons (Fsp3) is 0.455. The summed E-state index contributed by atoms with van der Waals surface area (Å²) in [7, 11) is -3.36. The Morgan fingerprint density at radius 3 is 2.95 bits per heavy atom. The summed E-state index contributed by atoms with van der Waals surface area (Å²) in [6, 6.07) is 1.58. The van der Waals surface area contributed by atoms with Gasteiger partial charge < -0.3 is 10.3 Å². The zero-order valence-corrected chi connectivity index (χ0v) is 14.5. The van der Waals surface area contributed by atoms with E-state index in [1.807, 2.05) is 0 Å². The van der Waals surface area contributed by atoms with E-state index in [0.29, 0.717) is 22.5 Å². The molecule has 1 atom stereocenters. The molecule has 1 saturated heterocycles. The van der Waals surface area contributed by atoms with Gasteiger partial charge in [0.2, 0.25) is 0 Å². The van der Waals surface area contributed by atoms with E-state index in [9.17, 15) is 13.2 Å². The maximum Gasteiger partial charge on any atom is 0.258 e. The summed E-state index contributed by atoms with van der Waals surface area (Å²) in [4.78, 5) is 18.1. The third-order valence-electron chi connectivity index (χ3n) is 3.06. The van der Waals surface area contributed by atoms with Gasteiger partial charge in [0.1, 0.15) is 5.37 Å². The van der Waals surface area contributed by atoms with Gasteiger partial charge in [0, 0.05) is 35.0 Å². The van der Waals surface area contributed by atoms with Gasteiger partial charge in [-0.05, 0) is 22.0 Å². The number of carbonyl (C=O) groups is 1. The van der Waals surface area contributed by atoms with Gasteiger partial charge in [-0.3, -0.25) is 4.79 Å². The number of carbonyl (C=O) groups excluding carboxylic acids is 1. The summed E-state index contributed by atoms with van der Waals surface area (Å²) in [6.45, 7) is 0.373. The highest BCUT2D eigenvalue weighted by atomic mass is 79.9. The van der Waals surface area contributed by atoms with Crippen molar-refractivity contribution in [3.8, 4) is 0 Å². The molecule has 0 bridgehead atoms. The fourth-order valence-corrected chi connectivity index (χ4v) is 5.19. The molecule has 1 aromatic heterocycles. The summed E-state index contributed by atoms with van der Waals surface area (Å²) in [6.07, 6.45) is 2.65. The van der Waals surface area contributed by atoms with Crippen molar-refractivity contribution in [2.75, 3.05) is 29.7 Å². The number of thioether (sulfide) groups is 1. The van der Waals surface area contributed by atoms with Crippen LogP contribution in [0.2, 0.25) is 0 Å². The van der Waals surface area contributed by atoms with Crippen molar-refractivity contribution >= 4 is 49.3 Å². The first-order valence-corrected chi connectivity index (χ1v) is 9.94. The van der Waals surface area contributed by atoms with Gasteiger partial charge in [-0.25, -0.2) is 19.2 Å². The molecule has 1 fully saturated rings. The largest absolute Gasteiger partial charge is 0.320 e. The van der Waals surface area contributed by atoms with E-state index in [-0.39, 0.29) is 11.4 Å². The molecule has 1 amide bonds. The van der Waals surface area contributed by atoms with Gasteiger partial charge in [-0.15, -0.1) is 0 Å². The standard InChI is InChI=1S/C11H15BrN4O3S2/c1-21(18,19)9-6-20-3-2-16(9)11(17)8-4-7(12)5-14-10(8)15-13/h4-5,9H,2-3,6,13H2,1H3,(H,14,15). The maximum absolute atomic E-state index is 12.7. The van der Waals surface area contributed by atoms with Gasteiger partial charge in [0.15, 0.2) is 15.7 Å². The van der Waals surface area contributed by atoms with Crippen LogP contribution in [0.25, 0.3) is 0 Å². The third-order valence-corrected chi connectivity index (χ3v) is 6.14. The van der Waals surface area contributed by atoms with Crippen molar-refractivity contribution in [1.29, 1.82) is 0 Å². The molecule has 0 radical (unpaired) electrons. The average Bonchev–Trinajstić information content (AvgIpc) is 2.45. The summed E-state index contributed by atoms with van der Waals surface area (Å²) in [5, 5.41) is -0.826. The van der Waals surface area contributed by atoms with Crippen LogP contribution >= 0.6 is 27.7 Å². The highest BCUT2D eigenvalue weighted by Gasteiger charge is 2.35. The molecule has 3 N–H and O–H groups in total. The summed E-state index contributed by atoms with van der Waals surface area (Å²) >= 11 is 4.77. The fourth-order valence-electron chi connectivity index (χ4n) is 2.04. The first-order valence-electron chi connectivity index (χ1n) is 6.04. The Morgan fingerprint density at radius 1 is 1.62 bits per heavy atom. The predicted molar refractivity (Wildman–Crippen MR) is 86.7 cm³/mol. The predicted octanol–water partition coefficient (Wildman–Crippen LogP) is 0.689. The van der Waals surface area contributed by atoms with E-state index >= 15 is 0 Å². The van der Waals surface area contributed by atoms with Gasteiger partial charge in [0.25, 0.3) is 5.91 Å². The van der Waals surface area contributed by atoms with E-state index in [0.717, 1.165) is 6.26 Å². The van der Waals surface area contributed by atoms with Crippen LogP contribution in [0.3, 0.4) is 0 Å². The minimum Gasteiger partial charge on any atom is -0.320 e. The SMILES string of the molecule is CS(=O)(=O)C1CSCCN1C(=O)c1cc(Br)cnc1NN. The number of anilines is 1. The van der Waals surface area contributed by atoms with Crippen LogP contribution in [0.15, 0.2) is 16.7 Å². The molecule has 1 aliphatic heterocycles. The van der Waals surface area contributed by atoms with Crippen molar-refractivity contribution in [2.45, 2.75) is 5.37 Å². The van der Waals surface area contributed by atoms with E-state index in [1.54, 1.807) is 6.07 Å². The van der Waals surface area contributed by atoms with Crippen LogP contribution in [-0.2, 0) is 9.84 Å². The van der Waals surface area contributed by atoms with Gasteiger partial charge >= 0.3 is 0 Å². The molecule has 2 heterocycles. The quantitative estimate of drug-likeness (QED) is 0.573. The highest BCUT2D eigenvalue weighted by molar-refractivity contribution is 9.10. The lowest BCUT2D eigenvalue weighted by atomic mass is 10.2. The number of rotatable bonds is 3. The molecule has 1 aromatic rings. The Kier molecular flexibility index (Phi) is 5.12. The van der Waals surface area contributed by atoms with Crippen LogP contribution in [0.5, 0.6) is 0 Å². The molecule has 116 valence electrons. The normalized spacial score (nSPS) is 19.4. The second-order valence-corrected chi connectivity index (χ2v) is 8.82. The highest BCUT2D eigenvalue weighted by Crippen LogP contribution is 2.25. The topological polar surface area (TPSA) is 105 Å². The minimum atomic E-state index is -3.36. The van der Waals surface area contributed by atoms with Crippen LogP contribution in [0.1, 0.15) is 10.4 Å². The van der Waals surface area contributed by atoms with Crippen molar-refractivity contribution in [2.24, 2.45) is 5.84 Å². The Morgan fingerprint density at radius 2 is 2.33 bits per heavy atom. The number of nitrogens with zero attached hydrogens (tertiary/aromatic N) is 2. The number of nitrogens with one attached hydrogen (secondary N) is 1. The third kappa shape index (κ3) is 3.68. The molecule has 7 nitrogen and oxygen atoms in total. The summed E-state index contributed by atoms with van der Waals surface area (Å²) in [5.41, 5.74) is 2.61. The number of pyridine rings is 1. The van der Waals surface area contributed by atoms with Crippen molar-refractivity contribution in [1.82, 2.24) is 9.88 Å². The molecule has 10 heteroatoms. The molecule has 2 rings (SSSR count). The molecule has 0 aromatic carbocycles. The summed E-state index contributed by atoms with van der Waals surface area (Å²) in [5.74, 6) is 6.26. The molecule has 0 aliphatic carbocycles. The number of aromatic nitrogens is 1. The number of amides is 1. The number of nitrogen functional groups attached to an aromatic ring is 1. The van der Waals surface area contributed by atoms with Gasteiger partial charge in [-0.1, -0.05) is 0 Å². The number of nitrogens with two attached hydrogens (primary N) is 1. The lowest BCUT2D eigenvalue weighted by molar-refractivity contribution is 0.0750. The minimum absolute atomic E-state index is 0.216. The second kappa shape index (κ2) is 6.51. The lowest BCUT2D eigenvalue weighted by Gasteiger charge is -2.34. The molecular formula is C11H15BrN4O3S2. The summed E-state index contributed by atoms with van der Waals surface area (Å²) < 4.78 is 24.4. The smallest absolute Gasteiger partial charge is 0.258 e. The van der Waals surface area contributed by atoms with E-state index in [2.05, 4.69) is 26.3 Å². The molecule has 0 saturated carbocycles. The van der Waals surface area contributed by atoms with Gasteiger partial charge in [-0.2, -0.15) is 11.8 Å². The van der Waals surface area contributed by atoms with Gasteiger partial charge in [0.05, 0.1) is 5.56 Å². The average molecular weight is 395 g/mol. The van der Waals surface area contributed by atoms with Crippen LogP contribution in [0, 0.1) is 0 Å². The van der Waals surface area contributed by atoms with Crippen LogP contribution in [0.4, 0.5) is 5.82 Å². The number of hydrazine groups is 1. The monoisotopic (exact) mass is 394 g/mol. The van der Waals surface area contributed by atoms with Crippen molar-refractivity contribution in [3.05, 3.63) is 22.3 Å². The first kappa shape index (κ1) is 16.5. The van der Waals surface area contributed by atoms with Crippen LogP contribution in [-0.4, -0.2) is 53.9 Å². The van der Waals surface area contributed by atoms with E-state index in [4.69, 9.17) is 5.84 Å². The van der Waals surface area contributed by atoms with E-state index < -0.39 is 21.1 Å². The molecule has 21 heavy (non-hydrogen) atoms. The Hall–Kier alpha value is -0.840. The van der Waals surface area contributed by atoms with Crippen molar-refractivity contribution in [3.63, 3.8) is 0 Å². The van der Waals surface area contributed by atoms with Crippen LogP contribution < -0.4 is 11.3 Å². The zero-order chi connectivity index (χ0) is 15.6. The maximum atomic E-state index is 12.7. The Bertz CT molecular complexity index is 653. The number of hydrogen-bond acceptors (Lipinski definition) is 7. The first-order chi connectivity index (χ1) is 9.84. The van der Waals surface area contributed by atoms with Crippen molar-refractivity contribution < 1.29 is 13.2 Å². The Labute approximate surface area is 135 Å². The zero-order valence-electron chi connectivity index (χ0n) is 11.2. The molecule has 1 unspecified atom stereocenters. The molecular weight excluding hydrogens is 380 g/mol. The van der Waals surface area contributed by atoms with E-state index in [1.165, 1.54) is 22.9 Å². The molecule has 0 spiro atoms.